The average Bonchev–Trinajstić information content (AvgIpc) is 2.49. The van der Waals surface area contributed by atoms with E-state index in [-0.39, 0.29) is 0 Å². The summed E-state index contributed by atoms with van der Waals surface area (Å²) in [4.78, 5) is 1.68. The summed E-state index contributed by atoms with van der Waals surface area (Å²) in [5, 5.41) is 0.725. The van der Waals surface area contributed by atoms with E-state index in [0.717, 1.165) is 34.9 Å². The molecule has 1 fully saturated rings. The molecule has 1 aliphatic heterocycles. The minimum Gasteiger partial charge on any atom is -0.457 e. The minimum absolute atomic E-state index is 0.725. The summed E-state index contributed by atoms with van der Waals surface area (Å²) >= 11 is 5.91. The van der Waals surface area contributed by atoms with Crippen molar-refractivity contribution in [2.45, 2.75) is 26.8 Å². The fourth-order valence-electron chi connectivity index (χ4n) is 3.71. The summed E-state index contributed by atoms with van der Waals surface area (Å²) in [5.41, 5.74) is 1.34. The van der Waals surface area contributed by atoms with Gasteiger partial charge in [-0.05, 0) is 42.8 Å². The third-order valence-electron chi connectivity index (χ3n) is 4.48. The zero-order valence-electron chi connectivity index (χ0n) is 13.9. The standard InChI is InChI=1S/C20H24ClNO/c1-15-10-16(2)13-22(12-15)14-17-4-3-5-20(11-17)23-19-8-6-18(21)7-9-19/h3-9,11,15-16H,10,12-14H2,1-2H3/p+1/t15-,16-/m1/s1. The quantitative estimate of drug-likeness (QED) is 0.887. The lowest BCUT2D eigenvalue weighted by Crippen LogP contribution is -3.13. The van der Waals surface area contributed by atoms with E-state index < -0.39 is 0 Å². The molecule has 23 heavy (non-hydrogen) atoms. The van der Waals surface area contributed by atoms with Gasteiger partial charge in [0, 0.05) is 22.4 Å². The van der Waals surface area contributed by atoms with Crippen LogP contribution in [0.5, 0.6) is 11.5 Å². The van der Waals surface area contributed by atoms with E-state index in [1.54, 1.807) is 4.90 Å². The van der Waals surface area contributed by atoms with Crippen molar-refractivity contribution in [1.29, 1.82) is 0 Å². The topological polar surface area (TPSA) is 13.7 Å². The summed E-state index contributed by atoms with van der Waals surface area (Å²) in [5.74, 6) is 3.35. The zero-order chi connectivity index (χ0) is 16.2. The van der Waals surface area contributed by atoms with Gasteiger partial charge in [0.15, 0.2) is 0 Å². The summed E-state index contributed by atoms with van der Waals surface area (Å²) in [7, 11) is 0. The molecule has 0 spiro atoms. The van der Waals surface area contributed by atoms with Crippen LogP contribution >= 0.6 is 11.6 Å². The molecule has 0 aromatic heterocycles. The zero-order valence-corrected chi connectivity index (χ0v) is 14.6. The number of hydrogen-bond donors (Lipinski definition) is 1. The highest BCUT2D eigenvalue weighted by atomic mass is 35.5. The Morgan fingerprint density at radius 2 is 1.70 bits per heavy atom. The van der Waals surface area contributed by atoms with E-state index in [4.69, 9.17) is 16.3 Å². The highest BCUT2D eigenvalue weighted by Crippen LogP contribution is 2.23. The molecule has 0 aliphatic carbocycles. The lowest BCUT2D eigenvalue weighted by atomic mass is 9.91. The maximum Gasteiger partial charge on any atom is 0.127 e. The monoisotopic (exact) mass is 330 g/mol. The molecule has 1 aliphatic rings. The number of ether oxygens (including phenoxy) is 1. The average molecular weight is 331 g/mol. The van der Waals surface area contributed by atoms with Crippen LogP contribution in [0.4, 0.5) is 0 Å². The summed E-state index contributed by atoms with van der Waals surface area (Å²) in [6.45, 7) is 8.36. The van der Waals surface area contributed by atoms with Crippen LogP contribution in [0.2, 0.25) is 5.02 Å². The first kappa shape index (κ1) is 16.4. The Bertz CT molecular complexity index is 630. The van der Waals surface area contributed by atoms with Gasteiger partial charge in [0.25, 0.3) is 0 Å². The second-order valence-electron chi connectivity index (χ2n) is 6.98. The van der Waals surface area contributed by atoms with E-state index in [1.807, 2.05) is 30.3 Å². The summed E-state index contributed by atoms with van der Waals surface area (Å²) in [6, 6.07) is 15.9. The molecule has 0 unspecified atom stereocenters. The van der Waals surface area contributed by atoms with E-state index in [1.165, 1.54) is 25.1 Å². The van der Waals surface area contributed by atoms with Gasteiger partial charge in [-0.15, -0.1) is 0 Å². The van der Waals surface area contributed by atoms with Crippen molar-refractivity contribution >= 4 is 11.6 Å². The Hall–Kier alpha value is -1.51. The van der Waals surface area contributed by atoms with Crippen LogP contribution in [-0.2, 0) is 6.54 Å². The molecule has 1 heterocycles. The number of nitrogens with one attached hydrogen (secondary N) is 1. The number of quaternary nitrogens is 1. The molecule has 0 saturated carbocycles. The van der Waals surface area contributed by atoms with Gasteiger partial charge in [-0.1, -0.05) is 37.6 Å². The molecule has 0 radical (unpaired) electrons. The van der Waals surface area contributed by atoms with Crippen LogP contribution in [0.3, 0.4) is 0 Å². The highest BCUT2D eigenvalue weighted by Gasteiger charge is 2.25. The van der Waals surface area contributed by atoms with Crippen LogP contribution in [0.15, 0.2) is 48.5 Å². The molecule has 1 N–H and O–H groups in total. The van der Waals surface area contributed by atoms with Crippen LogP contribution in [0, 0.1) is 11.8 Å². The molecule has 0 amide bonds. The van der Waals surface area contributed by atoms with Gasteiger partial charge in [-0.25, -0.2) is 0 Å². The van der Waals surface area contributed by atoms with Crippen molar-refractivity contribution in [2.24, 2.45) is 11.8 Å². The first-order valence-electron chi connectivity index (χ1n) is 8.44. The first-order valence-corrected chi connectivity index (χ1v) is 8.82. The number of benzene rings is 2. The maximum absolute atomic E-state index is 5.94. The van der Waals surface area contributed by atoms with Crippen LogP contribution < -0.4 is 9.64 Å². The lowest BCUT2D eigenvalue weighted by Gasteiger charge is -2.32. The van der Waals surface area contributed by atoms with Crippen molar-refractivity contribution in [3.8, 4) is 11.5 Å². The number of piperidine rings is 1. The molecular formula is C20H25ClNO+. The van der Waals surface area contributed by atoms with Crippen molar-refractivity contribution < 1.29 is 9.64 Å². The van der Waals surface area contributed by atoms with Gasteiger partial charge < -0.3 is 9.64 Å². The van der Waals surface area contributed by atoms with Crippen LogP contribution in [-0.4, -0.2) is 13.1 Å². The molecule has 3 rings (SSSR count). The molecule has 2 aromatic rings. The molecule has 0 bridgehead atoms. The van der Waals surface area contributed by atoms with E-state index in [9.17, 15) is 0 Å². The second kappa shape index (κ2) is 7.37. The van der Waals surface area contributed by atoms with Crippen molar-refractivity contribution in [3.63, 3.8) is 0 Å². The lowest BCUT2D eigenvalue weighted by molar-refractivity contribution is -0.925. The fraction of sp³-hybridized carbons (Fsp3) is 0.400. The van der Waals surface area contributed by atoms with Gasteiger partial charge in [-0.2, -0.15) is 0 Å². The van der Waals surface area contributed by atoms with Gasteiger partial charge >= 0.3 is 0 Å². The number of hydrogen-bond acceptors (Lipinski definition) is 1. The third kappa shape index (κ3) is 4.73. The predicted octanol–water partition coefficient (Wildman–Crippen LogP) is 4.19. The maximum atomic E-state index is 5.94. The van der Waals surface area contributed by atoms with E-state index >= 15 is 0 Å². The SMILES string of the molecule is C[C@@H]1C[C@@H](C)C[NH+](Cc2cccc(Oc3ccc(Cl)cc3)c2)C1. The van der Waals surface area contributed by atoms with Crippen molar-refractivity contribution in [1.82, 2.24) is 0 Å². The van der Waals surface area contributed by atoms with Gasteiger partial charge in [0.2, 0.25) is 0 Å². The normalized spacial score (nSPS) is 24.4. The largest absolute Gasteiger partial charge is 0.457 e. The number of halogens is 1. The Morgan fingerprint density at radius 1 is 1.00 bits per heavy atom. The fourth-order valence-corrected chi connectivity index (χ4v) is 3.84. The Morgan fingerprint density at radius 3 is 2.39 bits per heavy atom. The number of likely N-dealkylation sites (tertiary alicyclic amines) is 1. The van der Waals surface area contributed by atoms with Crippen molar-refractivity contribution in [2.75, 3.05) is 13.1 Å². The highest BCUT2D eigenvalue weighted by molar-refractivity contribution is 6.30. The second-order valence-corrected chi connectivity index (χ2v) is 7.42. The minimum atomic E-state index is 0.725. The van der Waals surface area contributed by atoms with Crippen LogP contribution in [0.1, 0.15) is 25.8 Å². The van der Waals surface area contributed by atoms with Gasteiger partial charge in [-0.3, -0.25) is 0 Å². The third-order valence-corrected chi connectivity index (χ3v) is 4.73. The molecule has 122 valence electrons. The smallest absolute Gasteiger partial charge is 0.127 e. The van der Waals surface area contributed by atoms with Crippen LogP contribution in [0.25, 0.3) is 0 Å². The summed E-state index contributed by atoms with van der Waals surface area (Å²) in [6.07, 6.45) is 1.36. The number of rotatable bonds is 4. The molecule has 1 saturated heterocycles. The molecule has 2 aromatic carbocycles. The van der Waals surface area contributed by atoms with E-state index in [0.29, 0.717) is 0 Å². The predicted molar refractivity (Wildman–Crippen MR) is 95.3 cm³/mol. The Labute approximate surface area is 144 Å². The van der Waals surface area contributed by atoms with Gasteiger partial charge in [0.1, 0.15) is 18.0 Å². The summed E-state index contributed by atoms with van der Waals surface area (Å²) < 4.78 is 5.94. The molecule has 2 atom stereocenters. The molecular weight excluding hydrogens is 306 g/mol. The van der Waals surface area contributed by atoms with E-state index in [2.05, 4.69) is 32.0 Å². The molecule has 3 heteroatoms. The Balaban J connectivity index is 1.66. The Kier molecular flexibility index (Phi) is 5.24. The van der Waals surface area contributed by atoms with Crippen molar-refractivity contribution in [3.05, 3.63) is 59.1 Å². The van der Waals surface area contributed by atoms with Gasteiger partial charge in [0.05, 0.1) is 13.1 Å². The first-order chi connectivity index (χ1) is 11.1. The molecule has 2 nitrogen and oxygen atoms in total.